The van der Waals surface area contributed by atoms with Crippen molar-refractivity contribution < 1.29 is 9.53 Å². The molecule has 1 aromatic carbocycles. The molecule has 0 spiro atoms. The van der Waals surface area contributed by atoms with Crippen molar-refractivity contribution in [3.63, 3.8) is 0 Å². The SMILES string of the molecule is CC(=O)N1CCc2nc(-c3ccccc3)nc(N3C[C@@H](C)O[C@H](C)C3)c2C1. The normalized spacial score (nSPS) is 22.5. The topological polar surface area (TPSA) is 58.6 Å². The number of amides is 1. The number of hydrogen-bond acceptors (Lipinski definition) is 5. The first-order valence-corrected chi connectivity index (χ1v) is 9.62. The van der Waals surface area contributed by atoms with Crippen LogP contribution in [-0.4, -0.2) is 52.6 Å². The van der Waals surface area contributed by atoms with E-state index in [1.807, 2.05) is 35.2 Å². The van der Waals surface area contributed by atoms with E-state index >= 15 is 0 Å². The average molecular weight is 366 g/mol. The van der Waals surface area contributed by atoms with Crippen LogP contribution in [0.2, 0.25) is 0 Å². The first-order chi connectivity index (χ1) is 13.0. The Morgan fingerprint density at radius 1 is 1.11 bits per heavy atom. The van der Waals surface area contributed by atoms with Crippen LogP contribution in [0.25, 0.3) is 11.4 Å². The Morgan fingerprint density at radius 2 is 1.81 bits per heavy atom. The molecule has 0 aliphatic carbocycles. The van der Waals surface area contributed by atoms with Gasteiger partial charge >= 0.3 is 0 Å². The zero-order chi connectivity index (χ0) is 19.0. The smallest absolute Gasteiger partial charge is 0.219 e. The van der Waals surface area contributed by atoms with E-state index in [0.29, 0.717) is 13.1 Å². The molecule has 4 rings (SSSR count). The van der Waals surface area contributed by atoms with E-state index in [1.165, 1.54) is 0 Å². The van der Waals surface area contributed by atoms with E-state index in [2.05, 4.69) is 18.7 Å². The maximum atomic E-state index is 11.9. The molecule has 0 saturated carbocycles. The molecule has 1 saturated heterocycles. The summed E-state index contributed by atoms with van der Waals surface area (Å²) in [6.07, 6.45) is 1.05. The van der Waals surface area contributed by atoms with E-state index in [0.717, 1.165) is 48.0 Å². The molecular formula is C21H26N4O2. The van der Waals surface area contributed by atoms with Gasteiger partial charge in [-0.15, -0.1) is 0 Å². The van der Waals surface area contributed by atoms with Gasteiger partial charge in [-0.1, -0.05) is 30.3 Å². The number of aromatic nitrogens is 2. The fourth-order valence-electron chi connectivity index (χ4n) is 3.99. The summed E-state index contributed by atoms with van der Waals surface area (Å²) in [6.45, 7) is 8.69. The molecule has 6 nitrogen and oxygen atoms in total. The second-order valence-electron chi connectivity index (χ2n) is 7.51. The van der Waals surface area contributed by atoms with Gasteiger partial charge in [-0.2, -0.15) is 0 Å². The summed E-state index contributed by atoms with van der Waals surface area (Å²) in [7, 11) is 0. The van der Waals surface area contributed by atoms with Crippen LogP contribution in [-0.2, 0) is 22.5 Å². The monoisotopic (exact) mass is 366 g/mol. The molecule has 2 aliphatic heterocycles. The number of fused-ring (bicyclic) bond motifs is 1. The highest BCUT2D eigenvalue weighted by Crippen LogP contribution is 2.31. The summed E-state index contributed by atoms with van der Waals surface area (Å²) in [5.41, 5.74) is 3.16. The molecule has 6 heteroatoms. The molecule has 2 aromatic rings. The van der Waals surface area contributed by atoms with Gasteiger partial charge in [-0.25, -0.2) is 9.97 Å². The number of anilines is 1. The van der Waals surface area contributed by atoms with Crippen molar-refractivity contribution in [2.24, 2.45) is 0 Å². The highest BCUT2D eigenvalue weighted by atomic mass is 16.5. The van der Waals surface area contributed by atoms with Crippen molar-refractivity contribution in [3.05, 3.63) is 41.6 Å². The highest BCUT2D eigenvalue weighted by Gasteiger charge is 2.30. The fraction of sp³-hybridized carbons (Fsp3) is 0.476. The predicted octanol–water partition coefficient (Wildman–Crippen LogP) is 2.66. The molecule has 0 N–H and O–H groups in total. The summed E-state index contributed by atoms with van der Waals surface area (Å²) in [5, 5.41) is 0. The summed E-state index contributed by atoms with van der Waals surface area (Å²) in [5.74, 6) is 1.81. The Bertz CT molecular complexity index is 830. The zero-order valence-corrected chi connectivity index (χ0v) is 16.2. The first-order valence-electron chi connectivity index (χ1n) is 9.62. The summed E-state index contributed by atoms with van der Waals surface area (Å²) in [4.78, 5) is 25.9. The molecule has 1 amide bonds. The number of carbonyl (C=O) groups is 1. The molecule has 0 unspecified atom stereocenters. The Labute approximate surface area is 160 Å². The lowest BCUT2D eigenvalue weighted by molar-refractivity contribution is -0.129. The molecule has 0 radical (unpaired) electrons. The third-order valence-electron chi connectivity index (χ3n) is 5.23. The van der Waals surface area contributed by atoms with Crippen LogP contribution in [0.1, 0.15) is 32.0 Å². The largest absolute Gasteiger partial charge is 0.372 e. The van der Waals surface area contributed by atoms with Crippen molar-refractivity contribution in [1.29, 1.82) is 0 Å². The van der Waals surface area contributed by atoms with Crippen LogP contribution in [0.15, 0.2) is 30.3 Å². The standard InChI is InChI=1S/C21H26N4O2/c1-14-11-25(12-15(2)27-14)21-18-13-24(16(3)26)10-9-19(18)22-20(23-21)17-7-5-4-6-8-17/h4-8,14-15H,9-13H2,1-3H3/t14-,15-/m1/s1. The quantitative estimate of drug-likeness (QED) is 0.818. The highest BCUT2D eigenvalue weighted by molar-refractivity contribution is 5.74. The van der Waals surface area contributed by atoms with Crippen molar-refractivity contribution in [2.75, 3.05) is 24.5 Å². The number of morpholine rings is 1. The molecule has 2 aliphatic rings. The van der Waals surface area contributed by atoms with Gasteiger partial charge in [-0.3, -0.25) is 4.79 Å². The molecule has 2 atom stereocenters. The van der Waals surface area contributed by atoms with E-state index in [1.54, 1.807) is 6.92 Å². The van der Waals surface area contributed by atoms with Crippen molar-refractivity contribution in [3.8, 4) is 11.4 Å². The van der Waals surface area contributed by atoms with E-state index in [9.17, 15) is 4.79 Å². The average Bonchev–Trinajstić information content (AvgIpc) is 2.66. The minimum Gasteiger partial charge on any atom is -0.372 e. The van der Waals surface area contributed by atoms with E-state index in [4.69, 9.17) is 14.7 Å². The lowest BCUT2D eigenvalue weighted by atomic mass is 10.0. The number of rotatable bonds is 2. The minimum atomic E-state index is 0.0995. The maximum Gasteiger partial charge on any atom is 0.219 e. The van der Waals surface area contributed by atoms with E-state index in [-0.39, 0.29) is 18.1 Å². The number of ether oxygens (including phenoxy) is 1. The minimum absolute atomic E-state index is 0.0995. The second-order valence-corrected chi connectivity index (χ2v) is 7.51. The van der Waals surface area contributed by atoms with Crippen LogP contribution >= 0.6 is 0 Å². The molecule has 1 aromatic heterocycles. The number of nitrogens with zero attached hydrogens (tertiary/aromatic N) is 4. The van der Waals surface area contributed by atoms with Gasteiger partial charge in [0.1, 0.15) is 5.82 Å². The predicted molar refractivity (Wildman–Crippen MR) is 104 cm³/mol. The lowest BCUT2D eigenvalue weighted by Gasteiger charge is -2.38. The zero-order valence-electron chi connectivity index (χ0n) is 16.2. The van der Waals surface area contributed by atoms with Gasteiger partial charge in [0.2, 0.25) is 5.91 Å². The Hall–Kier alpha value is -2.47. The molecule has 142 valence electrons. The molecule has 0 bridgehead atoms. The van der Waals surface area contributed by atoms with Crippen LogP contribution in [0.3, 0.4) is 0 Å². The Kier molecular flexibility index (Phi) is 4.83. The second kappa shape index (κ2) is 7.27. The Balaban J connectivity index is 1.80. The summed E-state index contributed by atoms with van der Waals surface area (Å²) >= 11 is 0. The number of hydrogen-bond donors (Lipinski definition) is 0. The lowest BCUT2D eigenvalue weighted by Crippen LogP contribution is -2.47. The third-order valence-corrected chi connectivity index (χ3v) is 5.23. The maximum absolute atomic E-state index is 11.9. The van der Waals surface area contributed by atoms with Gasteiger partial charge in [0.05, 0.1) is 24.4 Å². The molecule has 3 heterocycles. The van der Waals surface area contributed by atoms with Gasteiger partial charge in [0.25, 0.3) is 0 Å². The van der Waals surface area contributed by atoms with Crippen molar-refractivity contribution in [1.82, 2.24) is 14.9 Å². The van der Waals surface area contributed by atoms with Crippen molar-refractivity contribution >= 4 is 11.7 Å². The van der Waals surface area contributed by atoms with Gasteiger partial charge in [-0.05, 0) is 13.8 Å². The van der Waals surface area contributed by atoms with Crippen LogP contribution < -0.4 is 4.90 Å². The first kappa shape index (κ1) is 17.9. The van der Waals surface area contributed by atoms with E-state index < -0.39 is 0 Å². The third kappa shape index (κ3) is 3.67. The van der Waals surface area contributed by atoms with Crippen molar-refractivity contribution in [2.45, 2.75) is 45.9 Å². The number of benzene rings is 1. The molecule has 1 fully saturated rings. The summed E-state index contributed by atoms with van der Waals surface area (Å²) < 4.78 is 5.91. The van der Waals surface area contributed by atoms with Crippen LogP contribution in [0.4, 0.5) is 5.82 Å². The molecule has 27 heavy (non-hydrogen) atoms. The van der Waals surface area contributed by atoms with Gasteiger partial charge in [0.15, 0.2) is 5.82 Å². The Morgan fingerprint density at radius 3 is 2.48 bits per heavy atom. The van der Waals surface area contributed by atoms with Crippen LogP contribution in [0.5, 0.6) is 0 Å². The molecular weight excluding hydrogens is 340 g/mol. The van der Waals surface area contributed by atoms with Crippen LogP contribution in [0, 0.1) is 0 Å². The number of carbonyl (C=O) groups excluding carboxylic acids is 1. The fourth-order valence-corrected chi connectivity index (χ4v) is 3.99. The van der Waals surface area contributed by atoms with Gasteiger partial charge in [0, 0.05) is 44.1 Å². The summed E-state index contributed by atoms with van der Waals surface area (Å²) in [6, 6.07) is 10.1. The van der Waals surface area contributed by atoms with Gasteiger partial charge < -0.3 is 14.5 Å².